The average Bonchev–Trinajstić information content (AvgIpc) is 2.30. The van der Waals surface area contributed by atoms with E-state index < -0.39 is 36.1 Å². The van der Waals surface area contributed by atoms with Gasteiger partial charge in [0.2, 0.25) is 5.91 Å². The second-order valence-corrected chi connectivity index (χ2v) is 3.86. The van der Waals surface area contributed by atoms with Gasteiger partial charge < -0.3 is 15.5 Å². The number of hydrogen-bond donors (Lipinski definition) is 3. The third kappa shape index (κ3) is 5.15. The van der Waals surface area contributed by atoms with Crippen molar-refractivity contribution in [3.05, 3.63) is 35.6 Å². The van der Waals surface area contributed by atoms with Crippen molar-refractivity contribution in [2.24, 2.45) is 0 Å². The Balaban J connectivity index is 2.59. The molecular weight excluding hydrogens is 257 g/mol. The zero-order valence-corrected chi connectivity index (χ0v) is 9.80. The van der Waals surface area contributed by atoms with Gasteiger partial charge in [-0.25, -0.2) is 9.18 Å². The van der Waals surface area contributed by atoms with Crippen LogP contribution in [-0.4, -0.2) is 34.1 Å². The van der Waals surface area contributed by atoms with Gasteiger partial charge in [0.25, 0.3) is 0 Å². The SMILES string of the molecule is O=C(O)C[C@H](NC(=O)Cc1ccc(F)cc1)C(=O)O. The molecule has 0 aliphatic rings. The van der Waals surface area contributed by atoms with Crippen molar-refractivity contribution in [2.45, 2.75) is 18.9 Å². The maximum atomic E-state index is 12.6. The van der Waals surface area contributed by atoms with Gasteiger partial charge in [-0.1, -0.05) is 12.1 Å². The van der Waals surface area contributed by atoms with Gasteiger partial charge in [-0.2, -0.15) is 0 Å². The molecule has 0 aromatic heterocycles. The molecule has 0 radical (unpaired) electrons. The Morgan fingerprint density at radius 3 is 2.21 bits per heavy atom. The Morgan fingerprint density at radius 2 is 1.74 bits per heavy atom. The van der Waals surface area contributed by atoms with Crippen molar-refractivity contribution in [1.82, 2.24) is 5.32 Å². The number of hydrogen-bond acceptors (Lipinski definition) is 3. The topological polar surface area (TPSA) is 104 Å². The molecule has 1 aromatic carbocycles. The van der Waals surface area contributed by atoms with Gasteiger partial charge in [0.1, 0.15) is 11.9 Å². The Morgan fingerprint density at radius 1 is 1.16 bits per heavy atom. The highest BCUT2D eigenvalue weighted by atomic mass is 19.1. The number of amides is 1. The highest BCUT2D eigenvalue weighted by Crippen LogP contribution is 2.04. The summed E-state index contributed by atoms with van der Waals surface area (Å²) in [4.78, 5) is 32.7. The summed E-state index contributed by atoms with van der Waals surface area (Å²) in [6.07, 6.45) is -0.853. The number of carboxylic acid groups (broad SMARTS) is 2. The third-order valence-corrected chi connectivity index (χ3v) is 2.29. The van der Waals surface area contributed by atoms with Crippen molar-refractivity contribution in [1.29, 1.82) is 0 Å². The fourth-order valence-corrected chi connectivity index (χ4v) is 1.41. The summed E-state index contributed by atoms with van der Waals surface area (Å²) in [5, 5.41) is 19.4. The van der Waals surface area contributed by atoms with E-state index in [1.165, 1.54) is 24.3 Å². The summed E-state index contributed by atoms with van der Waals surface area (Å²) in [6, 6.07) is 3.65. The summed E-state index contributed by atoms with van der Waals surface area (Å²) in [6.45, 7) is 0. The number of rotatable bonds is 6. The van der Waals surface area contributed by atoms with Crippen LogP contribution in [0.25, 0.3) is 0 Å². The van der Waals surface area contributed by atoms with E-state index in [-0.39, 0.29) is 6.42 Å². The smallest absolute Gasteiger partial charge is 0.326 e. The van der Waals surface area contributed by atoms with Crippen LogP contribution in [0.4, 0.5) is 4.39 Å². The van der Waals surface area contributed by atoms with Gasteiger partial charge >= 0.3 is 11.9 Å². The van der Waals surface area contributed by atoms with Gasteiger partial charge in [-0.05, 0) is 17.7 Å². The number of carbonyl (C=O) groups is 3. The Labute approximate surface area is 107 Å². The Kier molecular flexibility index (Phi) is 4.99. The molecule has 1 aromatic rings. The van der Waals surface area contributed by atoms with Crippen molar-refractivity contribution in [3.8, 4) is 0 Å². The van der Waals surface area contributed by atoms with Crippen molar-refractivity contribution in [3.63, 3.8) is 0 Å². The van der Waals surface area contributed by atoms with Gasteiger partial charge in [-0.15, -0.1) is 0 Å². The molecule has 0 spiro atoms. The predicted octanol–water partition coefficient (Wildman–Crippen LogP) is 0.412. The fourth-order valence-electron chi connectivity index (χ4n) is 1.41. The number of benzene rings is 1. The minimum atomic E-state index is -1.48. The van der Waals surface area contributed by atoms with E-state index >= 15 is 0 Å². The summed E-state index contributed by atoms with van der Waals surface area (Å²) >= 11 is 0. The molecule has 1 amide bonds. The van der Waals surface area contributed by atoms with E-state index in [0.717, 1.165) is 0 Å². The molecule has 0 saturated heterocycles. The number of carbonyl (C=O) groups excluding carboxylic acids is 1. The molecule has 1 rings (SSSR count). The van der Waals surface area contributed by atoms with E-state index in [1.54, 1.807) is 0 Å². The molecule has 6 nitrogen and oxygen atoms in total. The zero-order chi connectivity index (χ0) is 14.4. The van der Waals surface area contributed by atoms with Crippen molar-refractivity contribution >= 4 is 17.8 Å². The minimum absolute atomic E-state index is 0.149. The van der Waals surface area contributed by atoms with Crippen LogP contribution in [0, 0.1) is 5.82 Å². The highest BCUT2D eigenvalue weighted by molar-refractivity contribution is 5.87. The van der Waals surface area contributed by atoms with Gasteiger partial charge in [0.15, 0.2) is 0 Å². The molecule has 0 fully saturated rings. The molecule has 1 atom stereocenters. The molecule has 3 N–H and O–H groups in total. The first-order chi connectivity index (χ1) is 8.88. The summed E-state index contributed by atoms with van der Waals surface area (Å²) in [5.74, 6) is -3.83. The molecule has 0 aliphatic carbocycles. The predicted molar refractivity (Wildman–Crippen MR) is 61.9 cm³/mol. The van der Waals surface area contributed by atoms with Crippen LogP contribution < -0.4 is 5.32 Å². The van der Waals surface area contributed by atoms with Crippen LogP contribution in [-0.2, 0) is 20.8 Å². The van der Waals surface area contributed by atoms with E-state index in [2.05, 4.69) is 5.32 Å². The standard InChI is InChI=1S/C12H12FNO5/c13-8-3-1-7(2-4-8)5-10(15)14-9(12(18)19)6-11(16)17/h1-4,9H,5-6H2,(H,14,15)(H,16,17)(H,18,19)/t9-/m0/s1. The van der Waals surface area contributed by atoms with Crippen LogP contribution in [0.2, 0.25) is 0 Å². The van der Waals surface area contributed by atoms with Gasteiger partial charge in [0.05, 0.1) is 12.8 Å². The van der Waals surface area contributed by atoms with Crippen molar-refractivity contribution < 1.29 is 29.0 Å². The van der Waals surface area contributed by atoms with Crippen LogP contribution >= 0.6 is 0 Å². The van der Waals surface area contributed by atoms with Crippen molar-refractivity contribution in [2.75, 3.05) is 0 Å². The minimum Gasteiger partial charge on any atom is -0.481 e. The molecule has 0 bridgehead atoms. The molecule has 0 heterocycles. The lowest BCUT2D eigenvalue weighted by atomic mass is 10.1. The normalized spacial score (nSPS) is 11.6. The quantitative estimate of drug-likeness (QED) is 0.694. The van der Waals surface area contributed by atoms with E-state index in [9.17, 15) is 18.8 Å². The number of aliphatic carboxylic acids is 2. The lowest BCUT2D eigenvalue weighted by Gasteiger charge is -2.12. The largest absolute Gasteiger partial charge is 0.481 e. The van der Waals surface area contributed by atoms with Crippen LogP contribution in [0.5, 0.6) is 0 Å². The number of carboxylic acids is 2. The van der Waals surface area contributed by atoms with Crippen LogP contribution in [0.1, 0.15) is 12.0 Å². The molecule has 7 heteroatoms. The Hall–Kier alpha value is -2.44. The lowest BCUT2D eigenvalue weighted by Crippen LogP contribution is -2.42. The number of nitrogens with one attached hydrogen (secondary N) is 1. The van der Waals surface area contributed by atoms with Gasteiger partial charge in [0, 0.05) is 0 Å². The van der Waals surface area contributed by atoms with E-state index in [4.69, 9.17) is 10.2 Å². The summed E-state index contributed by atoms with van der Waals surface area (Å²) in [5.41, 5.74) is 0.498. The summed E-state index contributed by atoms with van der Waals surface area (Å²) < 4.78 is 12.6. The molecule has 102 valence electrons. The third-order valence-electron chi connectivity index (χ3n) is 2.29. The van der Waals surface area contributed by atoms with E-state index in [1.807, 2.05) is 0 Å². The van der Waals surface area contributed by atoms with Crippen LogP contribution in [0.15, 0.2) is 24.3 Å². The molecule has 0 aliphatic heterocycles. The highest BCUT2D eigenvalue weighted by Gasteiger charge is 2.22. The monoisotopic (exact) mass is 269 g/mol. The lowest BCUT2D eigenvalue weighted by molar-refractivity contribution is -0.147. The second-order valence-electron chi connectivity index (χ2n) is 3.86. The first-order valence-corrected chi connectivity index (χ1v) is 5.37. The van der Waals surface area contributed by atoms with Crippen LogP contribution in [0.3, 0.4) is 0 Å². The van der Waals surface area contributed by atoms with Gasteiger partial charge in [-0.3, -0.25) is 9.59 Å². The molecule has 19 heavy (non-hydrogen) atoms. The first-order valence-electron chi connectivity index (χ1n) is 5.37. The van der Waals surface area contributed by atoms with E-state index in [0.29, 0.717) is 5.56 Å². The molecular formula is C12H12FNO5. The first kappa shape index (κ1) is 14.6. The zero-order valence-electron chi connectivity index (χ0n) is 9.80. The maximum absolute atomic E-state index is 12.6. The molecule has 0 saturated carbocycles. The second kappa shape index (κ2) is 6.48. The summed E-state index contributed by atoms with van der Waals surface area (Å²) in [7, 11) is 0. The fraction of sp³-hybridized carbons (Fsp3) is 0.250. The Bertz CT molecular complexity index is 485. The number of halogens is 1. The maximum Gasteiger partial charge on any atom is 0.326 e. The molecule has 0 unspecified atom stereocenters. The average molecular weight is 269 g/mol.